The number of nitrogens with zero attached hydrogens (tertiary/aromatic N) is 1. The van der Waals surface area contributed by atoms with Gasteiger partial charge in [-0.15, -0.1) is 0 Å². The molecule has 0 unspecified atom stereocenters. The molecule has 0 atom stereocenters. The Bertz CT molecular complexity index is 352. The Hall–Kier alpha value is -1.06. The number of aryl methyl sites for hydroxylation is 2. The summed E-state index contributed by atoms with van der Waals surface area (Å²) in [5.41, 5.74) is 2.60. The molecule has 0 bridgehead atoms. The number of hydrogen-bond acceptors (Lipinski definition) is 3. The van der Waals surface area contributed by atoms with E-state index < -0.39 is 0 Å². The molecule has 3 heteroatoms. The van der Waals surface area contributed by atoms with Gasteiger partial charge in [0.1, 0.15) is 5.75 Å². The van der Waals surface area contributed by atoms with Gasteiger partial charge in [0.2, 0.25) is 0 Å². The monoisotopic (exact) mass is 250 g/mol. The van der Waals surface area contributed by atoms with Crippen molar-refractivity contribution in [2.45, 2.75) is 20.3 Å². The summed E-state index contributed by atoms with van der Waals surface area (Å²) in [5.74, 6) is 0.982. The van der Waals surface area contributed by atoms with Crippen molar-refractivity contribution in [3.63, 3.8) is 0 Å². The number of rotatable bonds is 8. The fraction of sp³-hybridized carbons (Fsp3) is 0.600. The molecule has 0 radical (unpaired) electrons. The van der Waals surface area contributed by atoms with Crippen molar-refractivity contribution < 1.29 is 4.74 Å². The van der Waals surface area contributed by atoms with Gasteiger partial charge >= 0.3 is 0 Å². The largest absolute Gasteiger partial charge is 0.494 e. The lowest BCUT2D eigenvalue weighted by molar-refractivity contribution is 0.263. The van der Waals surface area contributed by atoms with Crippen LogP contribution in [0, 0.1) is 13.8 Å². The van der Waals surface area contributed by atoms with Crippen LogP contribution in [0.4, 0.5) is 0 Å². The minimum Gasteiger partial charge on any atom is -0.494 e. The van der Waals surface area contributed by atoms with Crippen LogP contribution in [-0.2, 0) is 0 Å². The Balaban J connectivity index is 2.19. The van der Waals surface area contributed by atoms with Gasteiger partial charge in [0.05, 0.1) is 6.61 Å². The predicted octanol–water partition coefficient (Wildman–Crippen LogP) is 2.22. The second-order valence-electron chi connectivity index (χ2n) is 4.85. The van der Waals surface area contributed by atoms with Crippen molar-refractivity contribution in [3.8, 4) is 5.75 Å². The topological polar surface area (TPSA) is 24.5 Å². The van der Waals surface area contributed by atoms with Crippen LogP contribution in [0.25, 0.3) is 0 Å². The molecule has 102 valence electrons. The summed E-state index contributed by atoms with van der Waals surface area (Å²) >= 11 is 0. The molecule has 0 aliphatic carbocycles. The van der Waals surface area contributed by atoms with Crippen molar-refractivity contribution in [2.75, 3.05) is 40.3 Å². The third-order valence-corrected chi connectivity index (χ3v) is 3.17. The van der Waals surface area contributed by atoms with E-state index in [1.54, 1.807) is 0 Å². The van der Waals surface area contributed by atoms with E-state index in [0.717, 1.165) is 38.4 Å². The van der Waals surface area contributed by atoms with Crippen molar-refractivity contribution in [1.82, 2.24) is 10.2 Å². The number of nitrogens with one attached hydrogen (secondary N) is 1. The maximum absolute atomic E-state index is 5.75. The van der Waals surface area contributed by atoms with E-state index in [1.165, 1.54) is 11.1 Å². The molecule has 1 rings (SSSR count). The van der Waals surface area contributed by atoms with Gasteiger partial charge in [0.15, 0.2) is 0 Å². The number of ether oxygens (including phenoxy) is 1. The second kappa shape index (κ2) is 8.11. The zero-order valence-corrected chi connectivity index (χ0v) is 12.1. The van der Waals surface area contributed by atoms with E-state index >= 15 is 0 Å². The molecule has 0 amide bonds. The summed E-state index contributed by atoms with van der Waals surface area (Å²) in [6.07, 6.45) is 1.06. The Morgan fingerprint density at radius 2 is 1.94 bits per heavy atom. The van der Waals surface area contributed by atoms with Gasteiger partial charge in [-0.05, 0) is 57.6 Å². The van der Waals surface area contributed by atoms with Crippen molar-refractivity contribution in [1.29, 1.82) is 0 Å². The van der Waals surface area contributed by atoms with Crippen LogP contribution in [-0.4, -0.2) is 45.2 Å². The molecule has 0 spiro atoms. The summed E-state index contributed by atoms with van der Waals surface area (Å²) in [6.45, 7) is 8.22. The molecule has 0 aliphatic rings. The highest BCUT2D eigenvalue weighted by molar-refractivity contribution is 5.33. The van der Waals surface area contributed by atoms with Gasteiger partial charge < -0.3 is 15.0 Å². The van der Waals surface area contributed by atoms with E-state index in [4.69, 9.17) is 4.74 Å². The van der Waals surface area contributed by atoms with Crippen LogP contribution in [0.15, 0.2) is 18.2 Å². The first kappa shape index (κ1) is 15.0. The maximum atomic E-state index is 5.75. The highest BCUT2D eigenvalue weighted by Gasteiger charge is 1.99. The number of hydrogen-bond donors (Lipinski definition) is 1. The molecule has 3 nitrogen and oxygen atoms in total. The zero-order chi connectivity index (χ0) is 13.4. The fourth-order valence-corrected chi connectivity index (χ4v) is 1.74. The third-order valence-electron chi connectivity index (χ3n) is 3.17. The Kier molecular flexibility index (Phi) is 6.76. The molecule has 18 heavy (non-hydrogen) atoms. The summed E-state index contributed by atoms with van der Waals surface area (Å²) in [4.78, 5) is 2.32. The fourth-order valence-electron chi connectivity index (χ4n) is 1.74. The first-order chi connectivity index (χ1) is 8.63. The highest BCUT2D eigenvalue weighted by atomic mass is 16.5. The second-order valence-corrected chi connectivity index (χ2v) is 4.85. The molecule has 0 saturated heterocycles. The minimum absolute atomic E-state index is 0.784. The lowest BCUT2D eigenvalue weighted by Crippen LogP contribution is -2.28. The van der Waals surface area contributed by atoms with Crippen LogP contribution in [0.2, 0.25) is 0 Å². The Morgan fingerprint density at radius 1 is 1.17 bits per heavy atom. The van der Waals surface area contributed by atoms with E-state index in [2.05, 4.69) is 43.2 Å². The van der Waals surface area contributed by atoms with Crippen molar-refractivity contribution >= 4 is 0 Å². The average Bonchev–Trinajstić information content (AvgIpc) is 2.36. The Morgan fingerprint density at radius 3 is 2.61 bits per heavy atom. The third kappa shape index (κ3) is 5.52. The van der Waals surface area contributed by atoms with Gasteiger partial charge in [-0.2, -0.15) is 0 Å². The molecule has 0 aliphatic heterocycles. The molecule has 0 aromatic heterocycles. The standard InChI is InChI=1S/C15H26N2O/c1-13-6-7-15(12-14(13)2)18-11-5-9-17(4)10-8-16-3/h6-7,12,16H,5,8-11H2,1-4H3. The molecule has 0 heterocycles. The van der Waals surface area contributed by atoms with Gasteiger partial charge in [-0.1, -0.05) is 6.07 Å². The SMILES string of the molecule is CNCCN(C)CCCOc1ccc(C)c(C)c1. The quantitative estimate of drug-likeness (QED) is 0.716. The number of likely N-dealkylation sites (N-methyl/N-ethyl adjacent to an activating group) is 2. The van der Waals surface area contributed by atoms with Crippen molar-refractivity contribution in [2.24, 2.45) is 0 Å². The van der Waals surface area contributed by atoms with Gasteiger partial charge in [0.25, 0.3) is 0 Å². The van der Waals surface area contributed by atoms with E-state index in [-0.39, 0.29) is 0 Å². The predicted molar refractivity (Wildman–Crippen MR) is 77.5 cm³/mol. The minimum atomic E-state index is 0.784. The lowest BCUT2D eigenvalue weighted by atomic mass is 10.1. The smallest absolute Gasteiger partial charge is 0.119 e. The number of benzene rings is 1. The molecule has 1 aromatic carbocycles. The van der Waals surface area contributed by atoms with Crippen LogP contribution in [0.5, 0.6) is 5.75 Å². The first-order valence-electron chi connectivity index (χ1n) is 6.66. The van der Waals surface area contributed by atoms with Gasteiger partial charge in [-0.25, -0.2) is 0 Å². The molecule has 1 aromatic rings. The average molecular weight is 250 g/mol. The lowest BCUT2D eigenvalue weighted by Gasteiger charge is -2.16. The Labute approximate surface area is 111 Å². The summed E-state index contributed by atoms with van der Waals surface area (Å²) in [6, 6.07) is 6.27. The summed E-state index contributed by atoms with van der Waals surface area (Å²) < 4.78 is 5.75. The van der Waals surface area contributed by atoms with Crippen LogP contribution >= 0.6 is 0 Å². The van der Waals surface area contributed by atoms with Crippen LogP contribution < -0.4 is 10.1 Å². The summed E-state index contributed by atoms with van der Waals surface area (Å²) in [7, 11) is 4.13. The molecule has 0 fully saturated rings. The molecular formula is C15H26N2O. The van der Waals surface area contributed by atoms with E-state index in [0.29, 0.717) is 0 Å². The maximum Gasteiger partial charge on any atom is 0.119 e. The zero-order valence-electron chi connectivity index (χ0n) is 12.1. The molecule has 1 N–H and O–H groups in total. The van der Waals surface area contributed by atoms with E-state index in [9.17, 15) is 0 Å². The van der Waals surface area contributed by atoms with E-state index in [1.807, 2.05) is 13.1 Å². The van der Waals surface area contributed by atoms with Crippen LogP contribution in [0.1, 0.15) is 17.5 Å². The highest BCUT2D eigenvalue weighted by Crippen LogP contribution is 2.16. The van der Waals surface area contributed by atoms with Crippen LogP contribution in [0.3, 0.4) is 0 Å². The van der Waals surface area contributed by atoms with Gasteiger partial charge in [0, 0.05) is 19.6 Å². The molecule has 0 saturated carbocycles. The molecular weight excluding hydrogens is 224 g/mol. The normalized spacial score (nSPS) is 10.9. The van der Waals surface area contributed by atoms with Crippen molar-refractivity contribution in [3.05, 3.63) is 29.3 Å². The first-order valence-corrected chi connectivity index (χ1v) is 6.66. The summed E-state index contributed by atoms with van der Waals surface area (Å²) in [5, 5.41) is 3.15. The van der Waals surface area contributed by atoms with Gasteiger partial charge in [-0.3, -0.25) is 0 Å².